The van der Waals surface area contributed by atoms with Gasteiger partial charge in [-0.05, 0) is 50.1 Å². The fourth-order valence-corrected chi connectivity index (χ4v) is 3.93. The molecule has 0 spiro atoms. The maximum atomic E-state index is 14.1. The van der Waals surface area contributed by atoms with E-state index in [0.717, 1.165) is 33.5 Å². The van der Waals surface area contributed by atoms with Crippen LogP contribution >= 0.6 is 0 Å². The number of hydrogen-bond donors (Lipinski definition) is 1. The van der Waals surface area contributed by atoms with E-state index in [0.29, 0.717) is 0 Å². The molecular weight excluding hydrogens is 383 g/mol. The van der Waals surface area contributed by atoms with Gasteiger partial charge in [-0.1, -0.05) is 24.3 Å². The zero-order valence-corrected chi connectivity index (χ0v) is 17.2. The Hall–Kier alpha value is -2.61. The summed E-state index contributed by atoms with van der Waals surface area (Å²) in [6, 6.07) is 10.2. The molecule has 2 rings (SSSR count). The average molecular weight is 408 g/mol. The smallest absolute Gasteiger partial charge is 0.243 e. The highest BCUT2D eigenvalue weighted by Gasteiger charge is 2.30. The van der Waals surface area contributed by atoms with E-state index in [-0.39, 0.29) is 18.8 Å². The molecule has 1 amide bonds. The van der Waals surface area contributed by atoms with Crippen molar-refractivity contribution >= 4 is 21.6 Å². The number of nitrogens with one attached hydrogen (secondary N) is 1. The average Bonchev–Trinajstić information content (AvgIpc) is 2.62. The Morgan fingerprint density at radius 2 is 1.89 bits per heavy atom. The van der Waals surface area contributed by atoms with Crippen LogP contribution in [0.4, 0.5) is 10.1 Å². The lowest BCUT2D eigenvalue weighted by atomic mass is 10.1. The molecule has 6 nitrogen and oxygen atoms in total. The van der Waals surface area contributed by atoms with Crippen molar-refractivity contribution in [3.63, 3.8) is 0 Å². The van der Waals surface area contributed by atoms with Gasteiger partial charge in [0.05, 0.1) is 18.5 Å². The van der Waals surface area contributed by atoms with E-state index >= 15 is 0 Å². The Balaban J connectivity index is 2.02. The van der Waals surface area contributed by atoms with E-state index in [4.69, 9.17) is 4.74 Å². The second-order valence-electron chi connectivity index (χ2n) is 6.59. The van der Waals surface area contributed by atoms with Crippen LogP contribution in [0.1, 0.15) is 18.1 Å². The Labute approximate surface area is 165 Å². The number of carbonyl (C=O) groups excluding carboxylic acids is 1. The number of ether oxygens (including phenoxy) is 1. The Morgan fingerprint density at radius 3 is 2.54 bits per heavy atom. The zero-order chi connectivity index (χ0) is 20.9. The Morgan fingerprint density at radius 1 is 1.21 bits per heavy atom. The first-order valence-electron chi connectivity index (χ1n) is 8.83. The number of carbonyl (C=O) groups is 1. The standard InChI is InChI=1S/C20H25FN2O4S/c1-14-9-10-15(2)19(13-14)27-12-11-22-20(24)16(3)23(28(4,25)26)18-8-6-5-7-17(18)21/h5-10,13,16H,11-12H2,1-4H3,(H,22,24)/t16-/m1/s1. The van der Waals surface area contributed by atoms with Gasteiger partial charge >= 0.3 is 0 Å². The van der Waals surface area contributed by atoms with Gasteiger partial charge in [-0.25, -0.2) is 12.8 Å². The van der Waals surface area contributed by atoms with Crippen LogP contribution in [0.25, 0.3) is 0 Å². The molecule has 0 fully saturated rings. The summed E-state index contributed by atoms with van der Waals surface area (Å²) < 4.78 is 44.9. The highest BCUT2D eigenvalue weighted by Crippen LogP contribution is 2.24. The van der Waals surface area contributed by atoms with Crippen LogP contribution in [0.3, 0.4) is 0 Å². The minimum Gasteiger partial charge on any atom is -0.491 e. The summed E-state index contributed by atoms with van der Waals surface area (Å²) in [5, 5.41) is 2.64. The molecule has 0 aliphatic heterocycles. The van der Waals surface area contributed by atoms with E-state index in [1.807, 2.05) is 32.0 Å². The predicted octanol–water partition coefficient (Wildman–Crippen LogP) is 2.79. The number of halogens is 1. The van der Waals surface area contributed by atoms with Crippen LogP contribution in [0.15, 0.2) is 42.5 Å². The molecular formula is C20H25FN2O4S. The number of para-hydroxylation sites is 1. The van der Waals surface area contributed by atoms with E-state index in [1.54, 1.807) is 0 Å². The van der Waals surface area contributed by atoms with Gasteiger partial charge in [0.1, 0.15) is 24.2 Å². The van der Waals surface area contributed by atoms with Crippen molar-refractivity contribution in [3.05, 3.63) is 59.4 Å². The largest absolute Gasteiger partial charge is 0.491 e. The third-order valence-corrected chi connectivity index (χ3v) is 5.41. The van der Waals surface area contributed by atoms with Gasteiger partial charge in [0, 0.05) is 0 Å². The first-order valence-corrected chi connectivity index (χ1v) is 10.7. The molecule has 152 valence electrons. The normalized spacial score (nSPS) is 12.3. The fraction of sp³-hybridized carbons (Fsp3) is 0.350. The number of benzene rings is 2. The van der Waals surface area contributed by atoms with Crippen molar-refractivity contribution in [3.8, 4) is 5.75 Å². The second kappa shape index (κ2) is 9.05. The third-order valence-electron chi connectivity index (χ3n) is 4.18. The summed E-state index contributed by atoms with van der Waals surface area (Å²) in [7, 11) is -3.87. The van der Waals surface area contributed by atoms with Crippen molar-refractivity contribution in [1.82, 2.24) is 5.32 Å². The molecule has 1 atom stereocenters. The Kier molecular flexibility index (Phi) is 7.01. The van der Waals surface area contributed by atoms with Crippen molar-refractivity contribution in [2.75, 3.05) is 23.7 Å². The van der Waals surface area contributed by atoms with Gasteiger partial charge in [-0.15, -0.1) is 0 Å². The van der Waals surface area contributed by atoms with Gasteiger partial charge in [0.2, 0.25) is 15.9 Å². The van der Waals surface area contributed by atoms with Crippen LogP contribution < -0.4 is 14.4 Å². The molecule has 8 heteroatoms. The fourth-order valence-electron chi connectivity index (χ4n) is 2.76. The molecule has 1 N–H and O–H groups in total. The number of hydrogen-bond acceptors (Lipinski definition) is 4. The minimum atomic E-state index is -3.87. The molecule has 0 bridgehead atoms. The lowest BCUT2D eigenvalue weighted by Crippen LogP contribution is -2.48. The number of nitrogens with zero attached hydrogens (tertiary/aromatic N) is 1. The third kappa shape index (κ3) is 5.45. The summed E-state index contributed by atoms with van der Waals surface area (Å²) in [6.07, 6.45) is 0.937. The molecule has 2 aromatic rings. The summed E-state index contributed by atoms with van der Waals surface area (Å²) in [4.78, 5) is 12.5. The maximum Gasteiger partial charge on any atom is 0.243 e. The highest BCUT2D eigenvalue weighted by molar-refractivity contribution is 7.92. The summed E-state index contributed by atoms with van der Waals surface area (Å²) >= 11 is 0. The lowest BCUT2D eigenvalue weighted by Gasteiger charge is -2.28. The summed E-state index contributed by atoms with van der Waals surface area (Å²) in [5.74, 6) is -0.532. The van der Waals surface area contributed by atoms with Gasteiger partial charge in [0.15, 0.2) is 0 Å². The number of anilines is 1. The Bertz CT molecular complexity index is 947. The van der Waals surface area contributed by atoms with Crippen LogP contribution in [0, 0.1) is 19.7 Å². The number of rotatable bonds is 8. The van der Waals surface area contributed by atoms with E-state index in [9.17, 15) is 17.6 Å². The number of sulfonamides is 1. The monoisotopic (exact) mass is 408 g/mol. The zero-order valence-electron chi connectivity index (χ0n) is 16.4. The van der Waals surface area contributed by atoms with E-state index < -0.39 is 27.8 Å². The number of aryl methyl sites for hydroxylation is 2. The molecule has 0 heterocycles. The lowest BCUT2D eigenvalue weighted by molar-refractivity contribution is -0.121. The van der Waals surface area contributed by atoms with Crippen LogP contribution in [0.2, 0.25) is 0 Å². The SMILES string of the molecule is Cc1ccc(C)c(OCCNC(=O)[C@@H](C)N(c2ccccc2F)S(C)(=O)=O)c1. The highest BCUT2D eigenvalue weighted by atomic mass is 32.2. The van der Waals surface area contributed by atoms with Crippen molar-refractivity contribution in [2.45, 2.75) is 26.8 Å². The van der Waals surface area contributed by atoms with Crippen molar-refractivity contribution in [2.24, 2.45) is 0 Å². The molecule has 0 saturated heterocycles. The molecule has 0 aliphatic rings. The first kappa shape index (κ1) is 21.7. The van der Waals surface area contributed by atoms with E-state index in [2.05, 4.69) is 5.32 Å². The van der Waals surface area contributed by atoms with Gasteiger partial charge in [-0.2, -0.15) is 0 Å². The molecule has 0 aliphatic carbocycles. The molecule has 28 heavy (non-hydrogen) atoms. The van der Waals surface area contributed by atoms with E-state index in [1.165, 1.54) is 25.1 Å². The minimum absolute atomic E-state index is 0.167. The van der Waals surface area contributed by atoms with Crippen LogP contribution in [-0.4, -0.2) is 39.8 Å². The summed E-state index contributed by atoms with van der Waals surface area (Å²) in [6.45, 7) is 5.70. The van der Waals surface area contributed by atoms with Gasteiger partial charge in [-0.3, -0.25) is 9.10 Å². The second-order valence-corrected chi connectivity index (χ2v) is 8.45. The molecule has 0 saturated carbocycles. The molecule has 0 unspecified atom stereocenters. The van der Waals surface area contributed by atoms with Crippen LogP contribution in [0.5, 0.6) is 5.75 Å². The van der Waals surface area contributed by atoms with Crippen molar-refractivity contribution in [1.29, 1.82) is 0 Å². The quantitative estimate of drug-likeness (QED) is 0.682. The first-order chi connectivity index (χ1) is 13.1. The molecule has 0 radical (unpaired) electrons. The maximum absolute atomic E-state index is 14.1. The number of amides is 1. The van der Waals surface area contributed by atoms with Crippen LogP contribution in [-0.2, 0) is 14.8 Å². The van der Waals surface area contributed by atoms with Gasteiger partial charge in [0.25, 0.3) is 0 Å². The van der Waals surface area contributed by atoms with Gasteiger partial charge < -0.3 is 10.1 Å². The molecule has 2 aromatic carbocycles. The molecule has 0 aromatic heterocycles. The summed E-state index contributed by atoms with van der Waals surface area (Å²) in [5.41, 5.74) is 1.87. The topological polar surface area (TPSA) is 75.7 Å². The predicted molar refractivity (Wildman–Crippen MR) is 108 cm³/mol. The van der Waals surface area contributed by atoms with Crippen molar-refractivity contribution < 1.29 is 22.3 Å².